The van der Waals surface area contributed by atoms with E-state index in [4.69, 9.17) is 0 Å². The minimum atomic E-state index is -5.33. The highest BCUT2D eigenvalue weighted by atomic mass is 19.4. The van der Waals surface area contributed by atoms with Crippen LogP contribution in [0.4, 0.5) is 39.5 Å². The number of benzene rings is 5. The van der Waals surface area contributed by atoms with Gasteiger partial charge in [-0.3, -0.25) is 0 Å². The molecule has 6 aromatic carbocycles. The van der Waals surface area contributed by atoms with E-state index < -0.39 is 46.0 Å². The highest BCUT2D eigenvalue weighted by Crippen LogP contribution is 2.56. The van der Waals surface area contributed by atoms with Gasteiger partial charge in [0.05, 0.1) is 16.7 Å². The van der Waals surface area contributed by atoms with Crippen molar-refractivity contribution in [3.8, 4) is 0 Å². The van der Waals surface area contributed by atoms with Crippen molar-refractivity contribution in [3.05, 3.63) is 59.2 Å². The molecule has 0 atom stereocenters. The Morgan fingerprint density at radius 2 is 0.812 bits per heavy atom. The summed E-state index contributed by atoms with van der Waals surface area (Å²) >= 11 is 0. The second-order valence-corrected chi connectivity index (χ2v) is 7.83. The van der Waals surface area contributed by atoms with Gasteiger partial charge >= 0.3 is 18.5 Å². The Morgan fingerprint density at radius 3 is 1.28 bits per heavy atom. The highest BCUT2D eigenvalue weighted by Gasteiger charge is 2.47. The molecule has 0 aliphatic heterocycles. The smallest absolute Gasteiger partial charge is 0.166 e. The van der Waals surface area contributed by atoms with Crippen molar-refractivity contribution in [3.63, 3.8) is 0 Å². The molecule has 32 heavy (non-hydrogen) atoms. The van der Waals surface area contributed by atoms with Gasteiger partial charge in [-0.05, 0) is 59.9 Å². The van der Waals surface area contributed by atoms with Gasteiger partial charge in [0.15, 0.2) is 0 Å². The molecule has 6 aromatic rings. The molecular weight excluding hydrogens is 447 g/mol. The van der Waals surface area contributed by atoms with Crippen molar-refractivity contribution >= 4 is 53.9 Å². The van der Waals surface area contributed by atoms with Gasteiger partial charge in [0.2, 0.25) is 0 Å². The van der Waals surface area contributed by atoms with Gasteiger partial charge in [0.1, 0.15) is 0 Å². The SMILES string of the molecule is FC(F)(F)c1cc2ccc3c(C(F)(F)F)c(C(F)(F)F)c4ccc5ccc1c1c5c4c3c21. The van der Waals surface area contributed by atoms with E-state index in [1.54, 1.807) is 0 Å². The van der Waals surface area contributed by atoms with Crippen molar-refractivity contribution in [1.82, 2.24) is 0 Å². The van der Waals surface area contributed by atoms with Crippen molar-refractivity contribution in [2.24, 2.45) is 0 Å². The van der Waals surface area contributed by atoms with Gasteiger partial charge in [0.25, 0.3) is 0 Å². The zero-order valence-corrected chi connectivity index (χ0v) is 15.4. The van der Waals surface area contributed by atoms with Gasteiger partial charge in [-0.2, -0.15) is 39.5 Å². The van der Waals surface area contributed by atoms with Crippen molar-refractivity contribution in [1.29, 1.82) is 0 Å². The van der Waals surface area contributed by atoms with Crippen molar-refractivity contribution in [2.75, 3.05) is 0 Å². The first-order chi connectivity index (χ1) is 14.8. The van der Waals surface area contributed by atoms with Crippen LogP contribution in [0.5, 0.6) is 0 Å². The Morgan fingerprint density at radius 1 is 0.406 bits per heavy atom. The first kappa shape index (κ1) is 19.5. The lowest BCUT2D eigenvalue weighted by atomic mass is 9.90. The van der Waals surface area contributed by atoms with Gasteiger partial charge in [-0.1, -0.05) is 36.4 Å². The fourth-order valence-electron chi connectivity index (χ4n) is 5.17. The molecule has 0 spiro atoms. The number of alkyl halides is 9. The molecule has 0 N–H and O–H groups in total. The predicted molar refractivity (Wildman–Crippen MR) is 103 cm³/mol. The third kappa shape index (κ3) is 2.21. The van der Waals surface area contributed by atoms with Crippen molar-refractivity contribution in [2.45, 2.75) is 18.5 Å². The molecule has 0 saturated heterocycles. The van der Waals surface area contributed by atoms with E-state index in [-0.39, 0.29) is 37.7 Å². The van der Waals surface area contributed by atoms with Crippen LogP contribution in [0.15, 0.2) is 42.5 Å². The van der Waals surface area contributed by atoms with Crippen LogP contribution in [-0.4, -0.2) is 0 Å². The zero-order valence-electron chi connectivity index (χ0n) is 15.4. The first-order valence-corrected chi connectivity index (χ1v) is 9.26. The summed E-state index contributed by atoms with van der Waals surface area (Å²) < 4.78 is 125. The summed E-state index contributed by atoms with van der Waals surface area (Å²) in [5.41, 5.74) is -4.64. The molecule has 0 amide bonds. The second-order valence-electron chi connectivity index (χ2n) is 7.83. The molecule has 0 aliphatic rings. The summed E-state index contributed by atoms with van der Waals surface area (Å²) in [5, 5.41) is -1.15. The lowest BCUT2D eigenvalue weighted by Crippen LogP contribution is -2.17. The third-order valence-corrected chi connectivity index (χ3v) is 6.18. The summed E-state index contributed by atoms with van der Waals surface area (Å²) in [4.78, 5) is 0. The van der Waals surface area contributed by atoms with E-state index in [0.29, 0.717) is 5.39 Å². The summed E-state index contributed by atoms with van der Waals surface area (Å²) in [6, 6.07) is 7.45. The predicted octanol–water partition coefficient (Wildman–Crippen LogP) is 8.82. The second kappa shape index (κ2) is 5.39. The monoisotopic (exact) mass is 454 g/mol. The number of hydrogen-bond acceptors (Lipinski definition) is 0. The zero-order chi connectivity index (χ0) is 23.0. The maximum atomic E-state index is 14.0. The third-order valence-electron chi connectivity index (χ3n) is 6.18. The van der Waals surface area contributed by atoms with Crippen LogP contribution < -0.4 is 0 Å². The average Bonchev–Trinajstić information content (AvgIpc) is 3.03. The molecule has 0 unspecified atom stereocenters. The quantitative estimate of drug-likeness (QED) is 0.159. The molecule has 0 heterocycles. The topological polar surface area (TPSA) is 0 Å². The van der Waals surface area contributed by atoms with Gasteiger partial charge in [-0.15, -0.1) is 0 Å². The molecule has 0 aromatic heterocycles. The molecule has 9 heteroatoms. The standard InChI is InChI=1S/C23H7F9/c24-21(25,26)13-7-9-3-6-12-18-15(9)16-10(13)4-1-8-2-5-11(17(18)14(8)16)19(22(27,28)29)20(12)23(30,31)32/h1-7H. The average molecular weight is 454 g/mol. The molecular formula is C23H7F9. The van der Waals surface area contributed by atoms with E-state index in [1.807, 2.05) is 0 Å². The highest BCUT2D eigenvalue weighted by molar-refractivity contribution is 6.45. The Bertz CT molecular complexity index is 1610. The largest absolute Gasteiger partial charge is 0.417 e. The molecule has 0 nitrogen and oxygen atoms in total. The van der Waals surface area contributed by atoms with E-state index in [0.717, 1.165) is 24.3 Å². The molecule has 0 fully saturated rings. The molecule has 0 saturated carbocycles. The number of hydrogen-bond donors (Lipinski definition) is 0. The lowest BCUT2D eigenvalue weighted by molar-refractivity contribution is -0.160. The van der Waals surface area contributed by atoms with Crippen LogP contribution in [-0.2, 0) is 18.5 Å². The first-order valence-electron chi connectivity index (χ1n) is 9.26. The van der Waals surface area contributed by atoms with Crippen LogP contribution in [0, 0.1) is 0 Å². The molecule has 0 aliphatic carbocycles. The maximum Gasteiger partial charge on any atom is 0.417 e. The van der Waals surface area contributed by atoms with Crippen LogP contribution in [0.3, 0.4) is 0 Å². The Balaban J connectivity index is 2.04. The Kier molecular flexibility index (Phi) is 3.28. The summed E-state index contributed by atoms with van der Waals surface area (Å²) in [6.45, 7) is 0. The van der Waals surface area contributed by atoms with Crippen LogP contribution in [0.25, 0.3) is 53.9 Å². The molecule has 162 valence electrons. The maximum absolute atomic E-state index is 14.0. The fourth-order valence-corrected chi connectivity index (χ4v) is 5.17. The van der Waals surface area contributed by atoms with E-state index in [9.17, 15) is 39.5 Å². The Labute approximate surface area is 171 Å². The van der Waals surface area contributed by atoms with E-state index in [1.165, 1.54) is 18.2 Å². The lowest BCUT2D eigenvalue weighted by Gasteiger charge is -2.21. The normalized spacial score (nSPS) is 14.4. The van der Waals surface area contributed by atoms with E-state index >= 15 is 0 Å². The van der Waals surface area contributed by atoms with E-state index in [2.05, 4.69) is 0 Å². The van der Waals surface area contributed by atoms with Gasteiger partial charge in [0, 0.05) is 0 Å². The number of rotatable bonds is 0. The van der Waals surface area contributed by atoms with Crippen molar-refractivity contribution < 1.29 is 39.5 Å². The van der Waals surface area contributed by atoms with Crippen LogP contribution >= 0.6 is 0 Å². The van der Waals surface area contributed by atoms with Crippen LogP contribution in [0.2, 0.25) is 0 Å². The molecule has 0 radical (unpaired) electrons. The van der Waals surface area contributed by atoms with Gasteiger partial charge in [-0.25, -0.2) is 0 Å². The Hall–Kier alpha value is -3.23. The minimum Gasteiger partial charge on any atom is -0.166 e. The molecule has 0 bridgehead atoms. The summed E-state index contributed by atoms with van der Waals surface area (Å²) in [7, 11) is 0. The van der Waals surface area contributed by atoms with Gasteiger partial charge < -0.3 is 0 Å². The number of halogens is 9. The summed E-state index contributed by atoms with van der Waals surface area (Å²) in [6.07, 6.45) is -15.4. The fraction of sp³-hybridized carbons (Fsp3) is 0.130. The van der Waals surface area contributed by atoms with Crippen LogP contribution in [0.1, 0.15) is 16.7 Å². The summed E-state index contributed by atoms with van der Waals surface area (Å²) in [5.74, 6) is 0. The minimum absolute atomic E-state index is 0.0233. The molecule has 6 rings (SSSR count).